The van der Waals surface area contributed by atoms with Crippen molar-refractivity contribution in [2.75, 3.05) is 5.73 Å². The van der Waals surface area contributed by atoms with Crippen molar-refractivity contribution in [1.29, 1.82) is 0 Å². The molecule has 2 N–H and O–H groups in total. The standard InChI is InChI=1S/C18H19N3/c1-18(2,3)17-20-15(11-16(19)21-17)14-9-8-12-6-4-5-7-13(12)10-14/h4-11H,1-3H3,(H2,19,20,21). The fourth-order valence-electron chi connectivity index (χ4n) is 2.30. The molecule has 0 bridgehead atoms. The van der Waals surface area contributed by atoms with Crippen LogP contribution in [0, 0.1) is 0 Å². The molecular weight excluding hydrogens is 258 g/mol. The molecule has 0 radical (unpaired) electrons. The summed E-state index contributed by atoms with van der Waals surface area (Å²) in [5.41, 5.74) is 7.77. The van der Waals surface area contributed by atoms with E-state index in [4.69, 9.17) is 10.7 Å². The van der Waals surface area contributed by atoms with Gasteiger partial charge in [0.2, 0.25) is 0 Å². The first-order valence-corrected chi connectivity index (χ1v) is 7.08. The first-order valence-electron chi connectivity index (χ1n) is 7.08. The highest BCUT2D eigenvalue weighted by Crippen LogP contribution is 2.27. The molecule has 106 valence electrons. The molecule has 1 heterocycles. The summed E-state index contributed by atoms with van der Waals surface area (Å²) in [6.45, 7) is 6.27. The number of fused-ring (bicyclic) bond motifs is 1. The maximum Gasteiger partial charge on any atom is 0.136 e. The molecule has 0 aliphatic rings. The highest BCUT2D eigenvalue weighted by molar-refractivity contribution is 5.86. The Balaban J connectivity index is 2.16. The van der Waals surface area contributed by atoms with Crippen LogP contribution in [0.5, 0.6) is 0 Å². The molecule has 0 unspecified atom stereocenters. The zero-order chi connectivity index (χ0) is 15.0. The molecule has 3 rings (SSSR count). The topological polar surface area (TPSA) is 51.8 Å². The Morgan fingerprint density at radius 1 is 0.857 bits per heavy atom. The number of hydrogen-bond donors (Lipinski definition) is 1. The number of benzene rings is 2. The Labute approximate surface area is 124 Å². The molecule has 0 saturated heterocycles. The van der Waals surface area contributed by atoms with E-state index >= 15 is 0 Å². The normalized spacial score (nSPS) is 11.8. The van der Waals surface area contributed by atoms with Crippen LogP contribution in [0.25, 0.3) is 22.0 Å². The molecule has 2 aromatic carbocycles. The van der Waals surface area contributed by atoms with E-state index in [1.165, 1.54) is 10.8 Å². The average Bonchev–Trinajstić information content (AvgIpc) is 2.45. The van der Waals surface area contributed by atoms with E-state index in [1.54, 1.807) is 0 Å². The van der Waals surface area contributed by atoms with Gasteiger partial charge in [0.1, 0.15) is 11.6 Å². The van der Waals surface area contributed by atoms with Gasteiger partial charge in [0.25, 0.3) is 0 Å². The quantitative estimate of drug-likeness (QED) is 0.726. The Hall–Kier alpha value is -2.42. The summed E-state index contributed by atoms with van der Waals surface area (Å²) in [7, 11) is 0. The van der Waals surface area contributed by atoms with Crippen LogP contribution in [0.1, 0.15) is 26.6 Å². The Morgan fingerprint density at radius 2 is 1.57 bits per heavy atom. The van der Waals surface area contributed by atoms with Crippen molar-refractivity contribution in [3.63, 3.8) is 0 Å². The van der Waals surface area contributed by atoms with Gasteiger partial charge >= 0.3 is 0 Å². The molecule has 0 aliphatic carbocycles. The van der Waals surface area contributed by atoms with E-state index in [9.17, 15) is 0 Å². The Kier molecular flexibility index (Phi) is 3.13. The van der Waals surface area contributed by atoms with Crippen LogP contribution in [0.15, 0.2) is 48.5 Å². The minimum absolute atomic E-state index is 0.124. The van der Waals surface area contributed by atoms with Crippen LogP contribution in [0.2, 0.25) is 0 Å². The van der Waals surface area contributed by atoms with Crippen molar-refractivity contribution in [2.45, 2.75) is 26.2 Å². The summed E-state index contributed by atoms with van der Waals surface area (Å²) >= 11 is 0. The first-order chi connectivity index (χ1) is 9.93. The van der Waals surface area contributed by atoms with Gasteiger partial charge in [-0.25, -0.2) is 9.97 Å². The third-order valence-corrected chi connectivity index (χ3v) is 3.46. The smallest absolute Gasteiger partial charge is 0.136 e. The fourth-order valence-corrected chi connectivity index (χ4v) is 2.30. The average molecular weight is 277 g/mol. The second kappa shape index (κ2) is 4.85. The summed E-state index contributed by atoms with van der Waals surface area (Å²) < 4.78 is 0. The van der Waals surface area contributed by atoms with Crippen LogP contribution >= 0.6 is 0 Å². The predicted molar refractivity (Wildman–Crippen MR) is 88.1 cm³/mol. The SMILES string of the molecule is CC(C)(C)c1nc(N)cc(-c2ccc3ccccc3c2)n1. The number of aromatic nitrogens is 2. The van der Waals surface area contributed by atoms with Gasteiger partial charge in [-0.2, -0.15) is 0 Å². The summed E-state index contributed by atoms with van der Waals surface area (Å²) in [6, 6.07) is 16.5. The summed E-state index contributed by atoms with van der Waals surface area (Å²) in [4.78, 5) is 9.05. The molecule has 0 fully saturated rings. The van der Waals surface area contributed by atoms with Crippen LogP contribution < -0.4 is 5.73 Å². The van der Waals surface area contributed by atoms with Crippen molar-refractivity contribution >= 4 is 16.6 Å². The van der Waals surface area contributed by atoms with Gasteiger partial charge in [0.15, 0.2) is 0 Å². The van der Waals surface area contributed by atoms with Crippen LogP contribution in [0.4, 0.5) is 5.82 Å². The van der Waals surface area contributed by atoms with Gasteiger partial charge < -0.3 is 5.73 Å². The molecule has 21 heavy (non-hydrogen) atoms. The molecule has 3 heteroatoms. The van der Waals surface area contributed by atoms with Gasteiger partial charge in [0, 0.05) is 17.0 Å². The summed E-state index contributed by atoms with van der Waals surface area (Å²) in [5, 5.41) is 2.42. The van der Waals surface area contributed by atoms with Crippen molar-refractivity contribution in [3.8, 4) is 11.3 Å². The highest BCUT2D eigenvalue weighted by atomic mass is 15.0. The monoisotopic (exact) mass is 277 g/mol. The molecule has 3 nitrogen and oxygen atoms in total. The van der Waals surface area contributed by atoms with Crippen molar-refractivity contribution < 1.29 is 0 Å². The Morgan fingerprint density at radius 3 is 2.29 bits per heavy atom. The number of rotatable bonds is 1. The van der Waals surface area contributed by atoms with E-state index in [0.29, 0.717) is 5.82 Å². The van der Waals surface area contributed by atoms with Crippen LogP contribution in [-0.2, 0) is 5.41 Å². The van der Waals surface area contributed by atoms with Crippen molar-refractivity contribution in [3.05, 3.63) is 54.4 Å². The lowest BCUT2D eigenvalue weighted by Gasteiger charge is -2.18. The van der Waals surface area contributed by atoms with Crippen molar-refractivity contribution in [1.82, 2.24) is 9.97 Å². The van der Waals surface area contributed by atoms with Crippen molar-refractivity contribution in [2.24, 2.45) is 0 Å². The number of nitrogens with two attached hydrogens (primary N) is 1. The summed E-state index contributed by atoms with van der Waals surface area (Å²) in [6.07, 6.45) is 0. The van der Waals surface area contributed by atoms with Crippen LogP contribution in [-0.4, -0.2) is 9.97 Å². The van der Waals surface area contributed by atoms with Gasteiger partial charge in [-0.05, 0) is 16.8 Å². The molecule has 3 aromatic rings. The molecule has 1 aromatic heterocycles. The third-order valence-electron chi connectivity index (χ3n) is 3.46. The zero-order valence-electron chi connectivity index (χ0n) is 12.6. The number of nitrogens with zero attached hydrogens (tertiary/aromatic N) is 2. The molecule has 0 spiro atoms. The van der Waals surface area contributed by atoms with E-state index in [-0.39, 0.29) is 5.41 Å². The van der Waals surface area contributed by atoms with E-state index in [1.807, 2.05) is 18.2 Å². The van der Waals surface area contributed by atoms with Gasteiger partial charge in [-0.1, -0.05) is 57.2 Å². The number of nitrogen functional groups attached to an aromatic ring is 1. The van der Waals surface area contributed by atoms with E-state index in [2.05, 4.69) is 56.1 Å². The fraction of sp³-hybridized carbons (Fsp3) is 0.222. The largest absolute Gasteiger partial charge is 0.384 e. The lowest BCUT2D eigenvalue weighted by molar-refractivity contribution is 0.547. The number of anilines is 1. The van der Waals surface area contributed by atoms with Gasteiger partial charge in [-0.3, -0.25) is 0 Å². The molecule has 0 aliphatic heterocycles. The molecule has 0 saturated carbocycles. The minimum atomic E-state index is -0.124. The lowest BCUT2D eigenvalue weighted by atomic mass is 9.95. The summed E-state index contributed by atoms with van der Waals surface area (Å²) in [5.74, 6) is 1.28. The zero-order valence-corrected chi connectivity index (χ0v) is 12.6. The first kappa shape index (κ1) is 13.6. The molecule has 0 atom stereocenters. The maximum atomic E-state index is 5.95. The third kappa shape index (κ3) is 2.72. The lowest BCUT2D eigenvalue weighted by Crippen LogP contribution is -2.17. The minimum Gasteiger partial charge on any atom is -0.384 e. The molecule has 0 amide bonds. The van der Waals surface area contributed by atoms with E-state index < -0.39 is 0 Å². The molecular formula is C18H19N3. The number of hydrogen-bond acceptors (Lipinski definition) is 3. The van der Waals surface area contributed by atoms with Gasteiger partial charge in [0.05, 0.1) is 5.69 Å². The van der Waals surface area contributed by atoms with E-state index in [0.717, 1.165) is 17.1 Å². The second-order valence-electron chi connectivity index (χ2n) is 6.31. The Bertz CT molecular complexity index is 801. The maximum absolute atomic E-state index is 5.95. The van der Waals surface area contributed by atoms with Gasteiger partial charge in [-0.15, -0.1) is 0 Å². The predicted octanol–water partition coefficient (Wildman–Crippen LogP) is 4.18. The van der Waals surface area contributed by atoms with Crippen LogP contribution in [0.3, 0.4) is 0 Å². The highest BCUT2D eigenvalue weighted by Gasteiger charge is 2.19. The second-order valence-corrected chi connectivity index (χ2v) is 6.31.